The number of rotatable bonds is 6. The van der Waals surface area contributed by atoms with Crippen molar-refractivity contribution in [3.63, 3.8) is 0 Å². The number of methoxy groups -OCH3 is 4. The average molecular weight is 465 g/mol. The first kappa shape index (κ1) is 22.1. The molecule has 0 aliphatic heterocycles. The van der Waals surface area contributed by atoms with Crippen molar-refractivity contribution in [1.82, 2.24) is 0 Å². The van der Waals surface area contributed by atoms with Crippen molar-refractivity contribution < 1.29 is 18.9 Å². The Morgan fingerprint density at radius 1 is 0.607 bits per heavy atom. The molecule has 0 N–H and O–H groups in total. The van der Waals surface area contributed by atoms with Crippen LogP contribution in [0.5, 0.6) is 23.0 Å². The molecule has 0 saturated heterocycles. The molecule has 3 aromatic rings. The molecule has 0 spiro atoms. The first-order valence-electron chi connectivity index (χ1n) is 8.84. The van der Waals surface area contributed by atoms with Crippen molar-refractivity contribution in [3.8, 4) is 43.9 Å². The molecule has 1 aromatic heterocycles. The summed E-state index contributed by atoms with van der Waals surface area (Å²) >= 11 is 5.35. The van der Waals surface area contributed by atoms with E-state index in [0.717, 1.165) is 48.4 Å². The Morgan fingerprint density at radius 3 is 1.39 bits per heavy atom. The number of halogens is 1. The van der Waals surface area contributed by atoms with E-state index in [1.54, 1.807) is 39.8 Å². The highest BCUT2D eigenvalue weighted by molar-refractivity contribution is 9.10. The normalized spacial score (nSPS) is 9.96. The molecule has 4 nitrogen and oxygen atoms in total. The summed E-state index contributed by atoms with van der Waals surface area (Å²) in [6.07, 6.45) is 0. The van der Waals surface area contributed by atoms with Crippen LogP contribution in [0.3, 0.4) is 0 Å². The minimum Gasteiger partial charge on any atom is -0.497 e. The zero-order chi connectivity index (χ0) is 20.7. The molecule has 0 fully saturated rings. The monoisotopic (exact) mass is 464 g/mol. The van der Waals surface area contributed by atoms with Crippen molar-refractivity contribution >= 4 is 27.3 Å². The van der Waals surface area contributed by atoms with Crippen LogP contribution in [-0.2, 0) is 0 Å². The van der Waals surface area contributed by atoms with E-state index in [-0.39, 0.29) is 0 Å². The maximum Gasteiger partial charge on any atom is 0.123 e. The fourth-order valence-electron chi connectivity index (χ4n) is 2.60. The summed E-state index contributed by atoms with van der Waals surface area (Å²) in [5, 5.41) is 0. The zero-order valence-corrected chi connectivity index (χ0v) is 19.4. The molecular formula is C22H25BrO4S. The number of thiophene rings is 1. The van der Waals surface area contributed by atoms with Crippen LogP contribution in [0.4, 0.5) is 0 Å². The maximum atomic E-state index is 5.39. The van der Waals surface area contributed by atoms with Crippen molar-refractivity contribution in [2.24, 2.45) is 0 Å². The van der Waals surface area contributed by atoms with Gasteiger partial charge in [-0.2, -0.15) is 0 Å². The van der Waals surface area contributed by atoms with Gasteiger partial charge in [-0.05, 0) is 51.8 Å². The molecule has 28 heavy (non-hydrogen) atoms. The molecule has 0 atom stereocenters. The quantitative estimate of drug-likeness (QED) is 0.397. The third kappa shape index (κ3) is 5.00. The Labute approximate surface area is 179 Å². The Balaban J connectivity index is 0.00000136. The highest BCUT2D eigenvalue weighted by Crippen LogP contribution is 2.44. The van der Waals surface area contributed by atoms with Gasteiger partial charge in [-0.15, -0.1) is 11.3 Å². The molecule has 2 aromatic carbocycles. The lowest BCUT2D eigenvalue weighted by molar-refractivity contribution is 0.394. The van der Waals surface area contributed by atoms with Crippen LogP contribution in [0.15, 0.2) is 46.9 Å². The number of hydrogen-bond acceptors (Lipinski definition) is 5. The molecule has 0 amide bonds. The van der Waals surface area contributed by atoms with Gasteiger partial charge in [0.15, 0.2) is 0 Å². The predicted octanol–water partition coefficient (Wildman–Crippen LogP) is 6.91. The summed E-state index contributed by atoms with van der Waals surface area (Å²) < 4.78 is 22.5. The van der Waals surface area contributed by atoms with Crippen LogP contribution in [-0.4, -0.2) is 28.4 Å². The lowest BCUT2D eigenvalue weighted by atomic mass is 10.1. The van der Waals surface area contributed by atoms with Gasteiger partial charge in [0.1, 0.15) is 23.0 Å². The van der Waals surface area contributed by atoms with Crippen LogP contribution in [0, 0.1) is 0 Å². The minimum absolute atomic E-state index is 0.754. The largest absolute Gasteiger partial charge is 0.497 e. The van der Waals surface area contributed by atoms with E-state index in [0.29, 0.717) is 0 Å². The fraction of sp³-hybridized carbons (Fsp3) is 0.273. The van der Waals surface area contributed by atoms with Gasteiger partial charge in [-0.25, -0.2) is 0 Å². The van der Waals surface area contributed by atoms with E-state index in [2.05, 4.69) is 22.0 Å². The smallest absolute Gasteiger partial charge is 0.123 e. The summed E-state index contributed by atoms with van der Waals surface area (Å²) in [5.74, 6) is 3.02. The van der Waals surface area contributed by atoms with Gasteiger partial charge in [0.25, 0.3) is 0 Å². The summed E-state index contributed by atoms with van der Waals surface area (Å²) in [6.45, 7) is 4.00. The molecule has 0 aliphatic carbocycles. The van der Waals surface area contributed by atoms with Crippen molar-refractivity contribution in [1.29, 1.82) is 0 Å². The van der Waals surface area contributed by atoms with Crippen LogP contribution >= 0.6 is 27.3 Å². The fourth-order valence-corrected chi connectivity index (χ4v) is 4.47. The van der Waals surface area contributed by atoms with Crippen LogP contribution < -0.4 is 18.9 Å². The third-order valence-electron chi connectivity index (χ3n) is 3.94. The molecule has 150 valence electrons. The number of ether oxygens (including phenoxy) is 4. The van der Waals surface area contributed by atoms with E-state index in [4.69, 9.17) is 18.9 Å². The second-order valence-corrected chi connectivity index (χ2v) is 7.40. The van der Waals surface area contributed by atoms with E-state index < -0.39 is 0 Å². The summed E-state index contributed by atoms with van der Waals surface area (Å²) in [5.41, 5.74) is 2.06. The van der Waals surface area contributed by atoms with E-state index in [1.807, 2.05) is 50.2 Å². The second-order valence-electron chi connectivity index (χ2n) is 5.49. The molecule has 0 unspecified atom stereocenters. The number of hydrogen-bond donors (Lipinski definition) is 0. The molecular weight excluding hydrogens is 440 g/mol. The highest BCUT2D eigenvalue weighted by atomic mass is 79.9. The molecule has 1 heterocycles. The topological polar surface area (TPSA) is 36.9 Å². The van der Waals surface area contributed by atoms with Gasteiger partial charge in [0.05, 0.1) is 28.4 Å². The van der Waals surface area contributed by atoms with E-state index >= 15 is 0 Å². The van der Waals surface area contributed by atoms with Gasteiger partial charge in [-0.1, -0.05) is 13.8 Å². The van der Waals surface area contributed by atoms with Crippen LogP contribution in [0.2, 0.25) is 0 Å². The van der Waals surface area contributed by atoms with Crippen molar-refractivity contribution in [2.75, 3.05) is 28.4 Å². The Bertz CT molecular complexity index is 876. The molecule has 0 aliphatic rings. The molecule has 0 radical (unpaired) electrons. The van der Waals surface area contributed by atoms with Crippen molar-refractivity contribution in [2.45, 2.75) is 13.8 Å². The summed E-state index contributed by atoms with van der Waals surface area (Å²) in [7, 11) is 6.60. The van der Waals surface area contributed by atoms with Gasteiger partial charge >= 0.3 is 0 Å². The Hall–Kier alpha value is -2.18. The molecule has 3 rings (SSSR count). The highest BCUT2D eigenvalue weighted by Gasteiger charge is 2.14. The van der Waals surface area contributed by atoms with Crippen molar-refractivity contribution in [3.05, 3.63) is 46.9 Å². The van der Waals surface area contributed by atoms with Gasteiger partial charge in [0, 0.05) is 31.9 Å². The van der Waals surface area contributed by atoms with Gasteiger partial charge in [-0.3, -0.25) is 0 Å². The molecule has 0 bridgehead atoms. The summed E-state index contributed by atoms with van der Waals surface area (Å²) in [4.78, 5) is 2.20. The Kier molecular flexibility index (Phi) is 8.20. The zero-order valence-electron chi connectivity index (χ0n) is 17.0. The van der Waals surface area contributed by atoms with Gasteiger partial charge in [0.2, 0.25) is 0 Å². The first-order valence-corrected chi connectivity index (χ1v) is 10.4. The lowest BCUT2D eigenvalue weighted by Gasteiger charge is -2.08. The predicted molar refractivity (Wildman–Crippen MR) is 120 cm³/mol. The maximum absolute atomic E-state index is 5.39. The minimum atomic E-state index is 0.754. The third-order valence-corrected chi connectivity index (χ3v) is 6.06. The van der Waals surface area contributed by atoms with Gasteiger partial charge < -0.3 is 18.9 Å². The van der Waals surface area contributed by atoms with Crippen LogP contribution in [0.25, 0.3) is 20.9 Å². The average Bonchev–Trinajstić information content (AvgIpc) is 3.15. The first-order chi connectivity index (χ1) is 13.6. The standard InChI is InChI=1S/C20H19BrO4S.C2H6/c1-22-14-5-12(6-15(9-14)23-2)19-11-18(21)20(26-19)13-7-16(24-3)10-17(8-13)25-4;1-2/h5-11H,1-4H3;1-2H3. The molecule has 0 saturated carbocycles. The number of benzene rings is 2. The second kappa shape index (κ2) is 10.4. The summed E-state index contributed by atoms with van der Waals surface area (Å²) in [6, 6.07) is 13.8. The van der Waals surface area contributed by atoms with E-state index in [9.17, 15) is 0 Å². The molecule has 6 heteroatoms. The SMILES string of the molecule is CC.COc1cc(OC)cc(-c2cc(Br)c(-c3cc(OC)cc(OC)c3)s2)c1. The van der Waals surface area contributed by atoms with Crippen LogP contribution in [0.1, 0.15) is 13.8 Å². The lowest BCUT2D eigenvalue weighted by Crippen LogP contribution is -1.88. The van der Waals surface area contributed by atoms with E-state index in [1.165, 1.54) is 0 Å². The Morgan fingerprint density at radius 2 is 1.00 bits per heavy atom.